The minimum atomic E-state index is -0.650. The molecule has 3 atom stereocenters. The van der Waals surface area contributed by atoms with Gasteiger partial charge in [0.15, 0.2) is 23.0 Å². The standard InChI is InChI=1S/C69H70N6O10S2/c1-45(16-17-46-12-8-6-9-13-46)71-68(77)58-43-87-66(73-58)41-75(39-53-25-27-55(79-3)35-62(53)81-5)37-48-19-29-60-64(33-48)85-69(84-60)51-22-20-50(21-23-51)56(49-14-10-7-11-15-49)30-31-70-67(76)57-42-86-65(72-57)40-74(36-47-18-28-59-63(32-47)83-44-82-59)38-52-24-26-54(78-2)34-61(52)80-4/h6-15,18-29,32-35,42-43,45,56,69H,16-17,30-31,36-41,44H2,1-5H3,(H,70,76)(H,71,77). The Labute approximate surface area is 515 Å². The Morgan fingerprint density at radius 2 is 1.10 bits per heavy atom. The summed E-state index contributed by atoms with van der Waals surface area (Å²) in [4.78, 5) is 41.4. The summed E-state index contributed by atoms with van der Waals surface area (Å²) in [5.74, 6) is 5.19. The van der Waals surface area contributed by atoms with Crippen molar-refractivity contribution in [3.8, 4) is 46.0 Å². The van der Waals surface area contributed by atoms with Crippen molar-refractivity contribution >= 4 is 34.5 Å². The molecule has 0 aliphatic carbocycles. The van der Waals surface area contributed by atoms with E-state index in [1.165, 1.54) is 28.2 Å². The molecule has 3 unspecified atom stereocenters. The highest BCUT2D eigenvalue weighted by molar-refractivity contribution is 7.10. The number of nitrogens with one attached hydrogen (secondary N) is 2. The number of nitrogens with zero attached hydrogens (tertiary/aromatic N) is 4. The zero-order valence-corrected chi connectivity index (χ0v) is 51.0. The van der Waals surface area contributed by atoms with Crippen LogP contribution in [-0.2, 0) is 45.7 Å². The normalized spacial score (nSPS) is 13.8. The topological polar surface area (TPSA) is 164 Å². The highest BCUT2D eigenvalue weighted by atomic mass is 32.1. The molecule has 0 bridgehead atoms. The van der Waals surface area contributed by atoms with Crippen LogP contribution in [0.5, 0.6) is 46.0 Å². The lowest BCUT2D eigenvalue weighted by molar-refractivity contribution is 0.0486. The quantitative estimate of drug-likeness (QED) is 0.0476. The van der Waals surface area contributed by atoms with E-state index >= 15 is 0 Å². The number of methoxy groups -OCH3 is 4. The van der Waals surface area contributed by atoms with Gasteiger partial charge in [-0.15, -0.1) is 22.7 Å². The van der Waals surface area contributed by atoms with E-state index in [2.05, 4.69) is 75.0 Å². The summed E-state index contributed by atoms with van der Waals surface area (Å²) < 4.78 is 46.8. The van der Waals surface area contributed by atoms with E-state index in [1.807, 2.05) is 121 Å². The molecule has 2 amide bonds. The molecule has 0 fully saturated rings. The molecule has 0 spiro atoms. The Balaban J connectivity index is 0.723. The van der Waals surface area contributed by atoms with Crippen molar-refractivity contribution in [2.45, 2.75) is 83.7 Å². The molecule has 0 saturated carbocycles. The molecule has 0 saturated heterocycles. The van der Waals surface area contributed by atoms with Crippen LogP contribution >= 0.6 is 22.7 Å². The summed E-state index contributed by atoms with van der Waals surface area (Å²) in [6.07, 6.45) is 1.70. The molecule has 7 aromatic carbocycles. The summed E-state index contributed by atoms with van der Waals surface area (Å²) in [5, 5.41) is 11.6. The van der Waals surface area contributed by atoms with Crippen molar-refractivity contribution in [3.63, 3.8) is 0 Å². The van der Waals surface area contributed by atoms with Gasteiger partial charge in [0.25, 0.3) is 18.1 Å². The van der Waals surface area contributed by atoms with Crippen molar-refractivity contribution in [1.82, 2.24) is 30.4 Å². The second-order valence-electron chi connectivity index (χ2n) is 21.5. The minimum Gasteiger partial charge on any atom is -0.497 e. The fraction of sp³-hybridized carbons (Fsp3) is 0.275. The largest absolute Gasteiger partial charge is 0.497 e. The third-order valence-corrected chi connectivity index (χ3v) is 17.1. The number of hydrogen-bond donors (Lipinski definition) is 2. The highest BCUT2D eigenvalue weighted by Gasteiger charge is 2.28. The summed E-state index contributed by atoms with van der Waals surface area (Å²) in [5.41, 5.74) is 9.17. The van der Waals surface area contributed by atoms with Gasteiger partial charge in [-0.25, -0.2) is 9.97 Å². The molecule has 2 aromatic heterocycles. The molecule has 87 heavy (non-hydrogen) atoms. The number of ether oxygens (including phenoxy) is 8. The number of carbonyl (C=O) groups is 2. The van der Waals surface area contributed by atoms with Crippen LogP contribution < -0.4 is 48.5 Å². The van der Waals surface area contributed by atoms with E-state index in [0.717, 1.165) is 79.0 Å². The van der Waals surface area contributed by atoms with E-state index in [1.54, 1.807) is 28.4 Å². The van der Waals surface area contributed by atoms with Gasteiger partial charge in [-0.2, -0.15) is 0 Å². The molecule has 2 aliphatic heterocycles. The van der Waals surface area contributed by atoms with Crippen LogP contribution in [0.25, 0.3) is 0 Å². The van der Waals surface area contributed by atoms with Gasteiger partial charge >= 0.3 is 0 Å². The van der Waals surface area contributed by atoms with Gasteiger partial charge in [-0.1, -0.05) is 109 Å². The van der Waals surface area contributed by atoms with Crippen LogP contribution in [0.4, 0.5) is 0 Å². The maximum atomic E-state index is 13.8. The zero-order chi connectivity index (χ0) is 60.1. The lowest BCUT2D eigenvalue weighted by Crippen LogP contribution is -2.33. The van der Waals surface area contributed by atoms with Crippen molar-refractivity contribution in [3.05, 3.63) is 234 Å². The molecule has 2 N–H and O–H groups in total. The van der Waals surface area contributed by atoms with Gasteiger partial charge < -0.3 is 48.5 Å². The third-order valence-electron chi connectivity index (χ3n) is 15.4. The Morgan fingerprint density at radius 3 is 1.71 bits per heavy atom. The van der Waals surface area contributed by atoms with Crippen LogP contribution in [0.3, 0.4) is 0 Å². The number of rotatable bonds is 28. The smallest absolute Gasteiger partial charge is 0.270 e. The Morgan fingerprint density at radius 1 is 0.552 bits per heavy atom. The number of benzene rings is 7. The highest BCUT2D eigenvalue weighted by Crippen LogP contribution is 2.42. The molecular formula is C69H70N6O10S2. The van der Waals surface area contributed by atoms with Gasteiger partial charge in [0.2, 0.25) is 6.79 Å². The number of aromatic nitrogens is 2. The molecule has 2 aliphatic rings. The summed E-state index contributed by atoms with van der Waals surface area (Å²) in [6.45, 7) is 5.86. The van der Waals surface area contributed by atoms with E-state index in [0.29, 0.717) is 92.4 Å². The maximum Gasteiger partial charge on any atom is 0.270 e. The lowest BCUT2D eigenvalue weighted by atomic mass is 9.88. The molecule has 18 heteroatoms. The summed E-state index contributed by atoms with van der Waals surface area (Å²) in [6, 6.07) is 52.6. The van der Waals surface area contributed by atoms with Gasteiger partial charge in [0.1, 0.15) is 44.4 Å². The zero-order valence-electron chi connectivity index (χ0n) is 49.4. The van der Waals surface area contributed by atoms with Crippen molar-refractivity contribution in [2.75, 3.05) is 41.8 Å². The molecule has 4 heterocycles. The first-order valence-corrected chi connectivity index (χ1v) is 30.7. The van der Waals surface area contributed by atoms with E-state index in [4.69, 9.17) is 47.9 Å². The number of aryl methyl sites for hydroxylation is 1. The lowest BCUT2D eigenvalue weighted by Gasteiger charge is -2.23. The molecule has 16 nitrogen and oxygen atoms in total. The third kappa shape index (κ3) is 15.4. The van der Waals surface area contributed by atoms with Crippen molar-refractivity contribution in [1.29, 1.82) is 0 Å². The predicted molar refractivity (Wildman–Crippen MR) is 336 cm³/mol. The number of fused-ring (bicyclic) bond motifs is 2. The minimum absolute atomic E-state index is 0.00999. The molecule has 0 radical (unpaired) electrons. The summed E-state index contributed by atoms with van der Waals surface area (Å²) >= 11 is 2.93. The van der Waals surface area contributed by atoms with E-state index < -0.39 is 6.29 Å². The monoisotopic (exact) mass is 1210 g/mol. The van der Waals surface area contributed by atoms with Crippen LogP contribution in [0.15, 0.2) is 168 Å². The SMILES string of the molecule is COc1ccc(CN(Cc2ccc3c(c2)OCO3)Cc2nc(C(=O)NCCC(c3ccccc3)c3ccc(C4Oc5ccc(CN(Cc6nc(C(=O)NC(C)CCc7ccccc7)cs6)Cc6ccc(OC)cc6OC)cc5O4)cc3)cs2)c(OC)c1. The van der Waals surface area contributed by atoms with E-state index in [-0.39, 0.29) is 30.6 Å². The number of carbonyl (C=O) groups excluding carboxylic acids is 2. The Kier molecular flexibility index (Phi) is 19.6. The number of amides is 2. The Hall–Kier alpha value is -8.94. The fourth-order valence-corrected chi connectivity index (χ4v) is 12.5. The second kappa shape index (κ2) is 28.5. The average Bonchev–Trinajstić information content (AvgIpc) is 3.33. The number of hydrogen-bond acceptors (Lipinski definition) is 16. The van der Waals surface area contributed by atoms with Crippen LogP contribution in [-0.4, -0.2) is 79.4 Å². The number of thiazole rings is 2. The average molecular weight is 1210 g/mol. The van der Waals surface area contributed by atoms with Crippen molar-refractivity contribution < 1.29 is 47.5 Å². The first kappa shape index (κ1) is 59.8. The van der Waals surface area contributed by atoms with Crippen LogP contribution in [0.2, 0.25) is 0 Å². The molecule has 11 rings (SSSR count). The second-order valence-corrected chi connectivity index (χ2v) is 23.4. The molecule has 448 valence electrons. The maximum absolute atomic E-state index is 13.8. The first-order chi connectivity index (χ1) is 42.6. The van der Waals surface area contributed by atoms with Crippen LogP contribution in [0, 0.1) is 0 Å². The first-order valence-electron chi connectivity index (χ1n) is 28.9. The molecule has 9 aromatic rings. The van der Waals surface area contributed by atoms with Crippen molar-refractivity contribution in [2.24, 2.45) is 0 Å². The Bertz CT molecular complexity index is 3770. The van der Waals surface area contributed by atoms with E-state index in [9.17, 15) is 9.59 Å². The van der Waals surface area contributed by atoms with Crippen LogP contribution in [0.1, 0.15) is 107 Å². The van der Waals surface area contributed by atoms with Gasteiger partial charge in [-0.05, 0) is 90.4 Å². The van der Waals surface area contributed by atoms with Gasteiger partial charge in [0, 0.05) is 84.3 Å². The van der Waals surface area contributed by atoms with Gasteiger partial charge in [-0.3, -0.25) is 19.4 Å². The predicted octanol–water partition coefficient (Wildman–Crippen LogP) is 12.9. The molecular weight excluding hydrogens is 1140 g/mol. The van der Waals surface area contributed by atoms with Gasteiger partial charge in [0.05, 0.1) is 41.5 Å². The summed E-state index contributed by atoms with van der Waals surface area (Å²) in [7, 11) is 6.59. The fourth-order valence-electron chi connectivity index (χ4n) is 10.8.